The summed E-state index contributed by atoms with van der Waals surface area (Å²) in [6.07, 6.45) is 0.844. The average Bonchev–Trinajstić information content (AvgIpc) is 2.53. The first kappa shape index (κ1) is 14.1. The van der Waals surface area contributed by atoms with Crippen molar-refractivity contribution in [3.63, 3.8) is 0 Å². The summed E-state index contributed by atoms with van der Waals surface area (Å²) < 4.78 is 10.8. The van der Waals surface area contributed by atoms with Gasteiger partial charge in [0.2, 0.25) is 0 Å². The number of aryl methyl sites for hydroxylation is 1. The summed E-state index contributed by atoms with van der Waals surface area (Å²) in [4.78, 5) is 9.06. The van der Waals surface area contributed by atoms with E-state index in [0.717, 1.165) is 23.5 Å². The molecule has 1 heterocycles. The molecule has 2 rings (SSSR count). The highest BCUT2D eigenvalue weighted by Crippen LogP contribution is 2.36. The van der Waals surface area contributed by atoms with Gasteiger partial charge in [-0.1, -0.05) is 13.0 Å². The minimum Gasteiger partial charge on any atom is -0.493 e. The van der Waals surface area contributed by atoms with Crippen LogP contribution in [0.25, 0.3) is 11.4 Å². The van der Waals surface area contributed by atoms with Crippen LogP contribution < -0.4 is 14.8 Å². The van der Waals surface area contributed by atoms with Crippen molar-refractivity contribution in [2.24, 2.45) is 0 Å². The van der Waals surface area contributed by atoms with E-state index in [4.69, 9.17) is 9.47 Å². The molecule has 0 bridgehead atoms. The number of para-hydroxylation sites is 1. The summed E-state index contributed by atoms with van der Waals surface area (Å²) in [6, 6.07) is 7.62. The molecule has 0 aliphatic heterocycles. The molecule has 0 unspecified atom stereocenters. The Morgan fingerprint density at radius 2 is 1.95 bits per heavy atom. The first-order chi connectivity index (χ1) is 9.73. The van der Waals surface area contributed by atoms with Gasteiger partial charge in [-0.2, -0.15) is 0 Å². The number of nitrogens with one attached hydrogen (secondary N) is 1. The maximum atomic E-state index is 5.44. The van der Waals surface area contributed by atoms with E-state index in [-0.39, 0.29) is 0 Å². The lowest BCUT2D eigenvalue weighted by atomic mass is 10.1. The Bertz CT molecular complexity index is 577. The van der Waals surface area contributed by atoms with Crippen molar-refractivity contribution in [3.05, 3.63) is 30.0 Å². The molecule has 1 aromatic heterocycles. The van der Waals surface area contributed by atoms with E-state index in [0.29, 0.717) is 17.3 Å². The van der Waals surface area contributed by atoms with E-state index in [1.54, 1.807) is 14.2 Å². The Balaban J connectivity index is 2.61. The molecular formula is C15H19N3O2. The number of hydrogen-bond donors (Lipinski definition) is 1. The largest absolute Gasteiger partial charge is 0.493 e. The Morgan fingerprint density at radius 1 is 1.15 bits per heavy atom. The Morgan fingerprint density at radius 3 is 2.55 bits per heavy atom. The second-order valence-corrected chi connectivity index (χ2v) is 4.21. The van der Waals surface area contributed by atoms with Crippen LogP contribution in [-0.4, -0.2) is 31.2 Å². The van der Waals surface area contributed by atoms with Gasteiger partial charge in [-0.25, -0.2) is 9.97 Å². The highest BCUT2D eigenvalue weighted by molar-refractivity contribution is 5.69. The molecule has 1 aromatic carbocycles. The normalized spacial score (nSPS) is 10.2. The number of hydrogen-bond acceptors (Lipinski definition) is 5. The van der Waals surface area contributed by atoms with Crippen LogP contribution in [0.4, 0.5) is 5.82 Å². The van der Waals surface area contributed by atoms with Gasteiger partial charge in [0, 0.05) is 18.8 Å². The SMILES string of the molecule is CCc1cc(NC)nc(-c2cccc(OC)c2OC)n1. The number of benzene rings is 1. The first-order valence-corrected chi connectivity index (χ1v) is 6.50. The molecule has 0 aliphatic carbocycles. The molecule has 20 heavy (non-hydrogen) atoms. The third-order valence-corrected chi connectivity index (χ3v) is 3.04. The molecule has 0 radical (unpaired) electrons. The van der Waals surface area contributed by atoms with Gasteiger partial charge >= 0.3 is 0 Å². The van der Waals surface area contributed by atoms with Gasteiger partial charge < -0.3 is 14.8 Å². The summed E-state index contributed by atoms with van der Waals surface area (Å²) in [5.74, 6) is 2.73. The molecule has 0 saturated heterocycles. The van der Waals surface area contributed by atoms with Crippen LogP contribution in [0.2, 0.25) is 0 Å². The van der Waals surface area contributed by atoms with E-state index in [1.807, 2.05) is 31.3 Å². The van der Waals surface area contributed by atoms with Crippen LogP contribution in [0.3, 0.4) is 0 Å². The topological polar surface area (TPSA) is 56.3 Å². The zero-order chi connectivity index (χ0) is 14.5. The van der Waals surface area contributed by atoms with E-state index in [1.165, 1.54) is 0 Å². The van der Waals surface area contributed by atoms with Gasteiger partial charge in [0.1, 0.15) is 5.82 Å². The first-order valence-electron chi connectivity index (χ1n) is 6.50. The number of rotatable bonds is 5. The van der Waals surface area contributed by atoms with Gasteiger partial charge in [0.05, 0.1) is 19.8 Å². The summed E-state index contributed by atoms with van der Waals surface area (Å²) in [7, 11) is 5.07. The zero-order valence-corrected chi connectivity index (χ0v) is 12.2. The van der Waals surface area contributed by atoms with Crippen molar-refractivity contribution in [1.82, 2.24) is 9.97 Å². The molecule has 0 amide bonds. The molecule has 0 saturated carbocycles. The second-order valence-electron chi connectivity index (χ2n) is 4.21. The number of aromatic nitrogens is 2. The average molecular weight is 273 g/mol. The van der Waals surface area contributed by atoms with Crippen LogP contribution in [0.1, 0.15) is 12.6 Å². The van der Waals surface area contributed by atoms with Crippen molar-refractivity contribution in [2.45, 2.75) is 13.3 Å². The third kappa shape index (κ3) is 2.66. The maximum Gasteiger partial charge on any atom is 0.171 e. The van der Waals surface area contributed by atoms with E-state index in [9.17, 15) is 0 Å². The molecule has 5 heteroatoms. The number of methoxy groups -OCH3 is 2. The maximum absolute atomic E-state index is 5.44. The molecule has 5 nitrogen and oxygen atoms in total. The predicted octanol–water partition coefficient (Wildman–Crippen LogP) is 2.76. The molecule has 0 spiro atoms. The van der Waals surface area contributed by atoms with Crippen molar-refractivity contribution >= 4 is 5.82 Å². The fraction of sp³-hybridized carbons (Fsp3) is 0.333. The molecule has 0 atom stereocenters. The Kier molecular flexibility index (Phi) is 4.40. The number of ether oxygens (including phenoxy) is 2. The lowest BCUT2D eigenvalue weighted by Crippen LogP contribution is -2.02. The summed E-state index contributed by atoms with van der Waals surface area (Å²) in [5, 5.41) is 3.05. The van der Waals surface area contributed by atoms with Crippen LogP contribution in [0, 0.1) is 0 Å². The van der Waals surface area contributed by atoms with Gasteiger partial charge in [0.15, 0.2) is 17.3 Å². The van der Waals surface area contributed by atoms with Gasteiger partial charge in [-0.3, -0.25) is 0 Å². The molecule has 2 aromatic rings. The summed E-state index contributed by atoms with van der Waals surface area (Å²) >= 11 is 0. The molecule has 0 fully saturated rings. The zero-order valence-electron chi connectivity index (χ0n) is 12.2. The number of nitrogens with zero attached hydrogens (tertiary/aromatic N) is 2. The van der Waals surface area contributed by atoms with Crippen molar-refractivity contribution < 1.29 is 9.47 Å². The van der Waals surface area contributed by atoms with Crippen LogP contribution in [-0.2, 0) is 6.42 Å². The van der Waals surface area contributed by atoms with Crippen LogP contribution in [0.5, 0.6) is 11.5 Å². The molecular weight excluding hydrogens is 254 g/mol. The van der Waals surface area contributed by atoms with Gasteiger partial charge in [-0.15, -0.1) is 0 Å². The second kappa shape index (κ2) is 6.23. The summed E-state index contributed by atoms with van der Waals surface area (Å²) in [5.41, 5.74) is 1.79. The third-order valence-electron chi connectivity index (χ3n) is 3.04. The fourth-order valence-electron chi connectivity index (χ4n) is 1.99. The van der Waals surface area contributed by atoms with Crippen molar-refractivity contribution in [3.8, 4) is 22.9 Å². The van der Waals surface area contributed by atoms with E-state index in [2.05, 4.69) is 22.2 Å². The highest BCUT2D eigenvalue weighted by Gasteiger charge is 2.14. The van der Waals surface area contributed by atoms with Crippen LogP contribution >= 0.6 is 0 Å². The standard InChI is InChI=1S/C15H19N3O2/c1-5-10-9-13(16-2)18-15(17-10)11-7-6-8-12(19-3)14(11)20-4/h6-9H,5H2,1-4H3,(H,16,17,18). The van der Waals surface area contributed by atoms with E-state index >= 15 is 0 Å². The molecule has 0 aliphatic rings. The minimum atomic E-state index is 0.629. The predicted molar refractivity (Wildman–Crippen MR) is 79.5 cm³/mol. The minimum absolute atomic E-state index is 0.629. The van der Waals surface area contributed by atoms with Crippen LogP contribution in [0.15, 0.2) is 24.3 Å². The van der Waals surface area contributed by atoms with Gasteiger partial charge in [0.25, 0.3) is 0 Å². The Labute approximate surface area is 119 Å². The lowest BCUT2D eigenvalue weighted by molar-refractivity contribution is 0.356. The fourth-order valence-corrected chi connectivity index (χ4v) is 1.99. The number of anilines is 1. The summed E-state index contributed by atoms with van der Waals surface area (Å²) in [6.45, 7) is 2.06. The quantitative estimate of drug-likeness (QED) is 0.907. The molecule has 106 valence electrons. The van der Waals surface area contributed by atoms with Crippen molar-refractivity contribution in [2.75, 3.05) is 26.6 Å². The lowest BCUT2D eigenvalue weighted by Gasteiger charge is -2.13. The highest BCUT2D eigenvalue weighted by atomic mass is 16.5. The molecule has 1 N–H and O–H groups in total. The van der Waals surface area contributed by atoms with Crippen molar-refractivity contribution in [1.29, 1.82) is 0 Å². The van der Waals surface area contributed by atoms with E-state index < -0.39 is 0 Å². The Hall–Kier alpha value is -2.30. The monoisotopic (exact) mass is 273 g/mol. The smallest absolute Gasteiger partial charge is 0.171 e. The van der Waals surface area contributed by atoms with Gasteiger partial charge in [-0.05, 0) is 18.6 Å².